The smallest absolute Gasteiger partial charge is 0.222 e. The zero-order valence-corrected chi connectivity index (χ0v) is 16.6. The van der Waals surface area contributed by atoms with Crippen LogP contribution in [0.2, 0.25) is 0 Å². The van der Waals surface area contributed by atoms with E-state index in [0.29, 0.717) is 18.0 Å². The van der Waals surface area contributed by atoms with Gasteiger partial charge in [-0.25, -0.2) is 0 Å². The minimum absolute atomic E-state index is 0.234. The van der Waals surface area contributed by atoms with Gasteiger partial charge in [-0.1, -0.05) is 19.1 Å². The Morgan fingerprint density at radius 1 is 1.21 bits per heavy atom. The van der Waals surface area contributed by atoms with Gasteiger partial charge in [0.25, 0.3) is 0 Å². The number of piperidine rings is 1. The van der Waals surface area contributed by atoms with Crippen molar-refractivity contribution in [1.29, 1.82) is 5.26 Å². The maximum absolute atomic E-state index is 11.9. The van der Waals surface area contributed by atoms with Gasteiger partial charge < -0.3 is 10.2 Å². The predicted octanol–water partition coefficient (Wildman–Crippen LogP) is 4.59. The summed E-state index contributed by atoms with van der Waals surface area (Å²) in [5.74, 6) is 0.234. The first-order valence-electron chi connectivity index (χ1n) is 10.1. The summed E-state index contributed by atoms with van der Waals surface area (Å²) >= 11 is 0. The molecule has 0 unspecified atom stereocenters. The van der Waals surface area contributed by atoms with Crippen LogP contribution in [0.25, 0.3) is 21.9 Å². The van der Waals surface area contributed by atoms with Crippen molar-refractivity contribution in [3.8, 4) is 17.2 Å². The minimum atomic E-state index is 0.234. The fourth-order valence-corrected chi connectivity index (χ4v) is 3.97. The van der Waals surface area contributed by atoms with Crippen molar-refractivity contribution in [3.05, 3.63) is 60.4 Å². The molecule has 4 rings (SSSR count). The standard InChI is InChI=1S/C24H24N4O/c1-2-24(29)28-10-7-21(8-11-28)27-23-14-20(13-19-6-9-26-16-22(19)23)18-5-3-4-17(12-18)15-25/h3-6,9,12-14,16,21,27H,2,7-8,10-11H2,1H3. The topological polar surface area (TPSA) is 69.0 Å². The van der Waals surface area contributed by atoms with Gasteiger partial charge in [0.15, 0.2) is 0 Å². The van der Waals surface area contributed by atoms with Crippen molar-refractivity contribution in [2.75, 3.05) is 18.4 Å². The molecule has 1 N–H and O–H groups in total. The summed E-state index contributed by atoms with van der Waals surface area (Å²) in [6, 6.07) is 16.5. The number of nitrogens with zero attached hydrogens (tertiary/aromatic N) is 3. The predicted molar refractivity (Wildman–Crippen MR) is 115 cm³/mol. The Bertz CT molecular complexity index is 1080. The number of rotatable bonds is 4. The quantitative estimate of drug-likeness (QED) is 0.714. The number of aromatic nitrogens is 1. The lowest BCUT2D eigenvalue weighted by Gasteiger charge is -2.33. The highest BCUT2D eigenvalue weighted by molar-refractivity contribution is 5.97. The molecule has 1 aliphatic rings. The van der Waals surface area contributed by atoms with E-state index in [1.165, 1.54) is 0 Å². The Kier molecular flexibility index (Phi) is 5.44. The molecule has 29 heavy (non-hydrogen) atoms. The van der Waals surface area contributed by atoms with Gasteiger partial charge >= 0.3 is 0 Å². The van der Waals surface area contributed by atoms with Gasteiger partial charge in [-0.15, -0.1) is 0 Å². The fraction of sp³-hybridized carbons (Fsp3) is 0.292. The van der Waals surface area contributed by atoms with E-state index in [-0.39, 0.29) is 5.91 Å². The summed E-state index contributed by atoms with van der Waals surface area (Å²) in [5, 5.41) is 15.1. The van der Waals surface area contributed by atoms with Crippen LogP contribution in [-0.4, -0.2) is 34.9 Å². The lowest BCUT2D eigenvalue weighted by molar-refractivity contribution is -0.131. The number of fused-ring (bicyclic) bond motifs is 1. The van der Waals surface area contributed by atoms with Crippen LogP contribution in [0, 0.1) is 11.3 Å². The molecule has 1 aliphatic heterocycles. The van der Waals surface area contributed by atoms with E-state index in [0.717, 1.165) is 53.5 Å². The monoisotopic (exact) mass is 384 g/mol. The molecule has 1 amide bonds. The summed E-state index contributed by atoms with van der Waals surface area (Å²) in [5.41, 5.74) is 3.80. The van der Waals surface area contributed by atoms with Crippen LogP contribution >= 0.6 is 0 Å². The third kappa shape index (κ3) is 4.07. The second-order valence-electron chi connectivity index (χ2n) is 7.47. The number of benzene rings is 2. The van der Waals surface area contributed by atoms with Crippen LogP contribution in [0.3, 0.4) is 0 Å². The molecule has 1 aromatic heterocycles. The van der Waals surface area contributed by atoms with Crippen molar-refractivity contribution in [2.24, 2.45) is 0 Å². The number of amides is 1. The zero-order chi connectivity index (χ0) is 20.2. The number of pyridine rings is 1. The number of carbonyl (C=O) groups excluding carboxylic acids is 1. The molecule has 5 nitrogen and oxygen atoms in total. The summed E-state index contributed by atoms with van der Waals surface area (Å²) in [6.45, 7) is 3.51. The number of likely N-dealkylation sites (tertiary alicyclic amines) is 1. The molecule has 2 aromatic carbocycles. The number of anilines is 1. The van der Waals surface area contributed by atoms with E-state index in [9.17, 15) is 10.1 Å². The highest BCUT2D eigenvalue weighted by Gasteiger charge is 2.22. The van der Waals surface area contributed by atoms with Gasteiger partial charge in [-0.2, -0.15) is 5.26 Å². The maximum atomic E-state index is 11.9. The second-order valence-corrected chi connectivity index (χ2v) is 7.47. The molecule has 146 valence electrons. The Labute approximate surface area is 171 Å². The molecule has 0 spiro atoms. The van der Waals surface area contributed by atoms with Crippen LogP contribution < -0.4 is 5.32 Å². The second kappa shape index (κ2) is 8.32. The van der Waals surface area contributed by atoms with Crippen molar-refractivity contribution < 1.29 is 4.79 Å². The number of nitrogens with one attached hydrogen (secondary N) is 1. The number of carbonyl (C=O) groups is 1. The van der Waals surface area contributed by atoms with E-state index in [2.05, 4.69) is 28.5 Å². The van der Waals surface area contributed by atoms with Crippen molar-refractivity contribution >= 4 is 22.4 Å². The van der Waals surface area contributed by atoms with Crippen LogP contribution in [0.15, 0.2) is 54.9 Å². The van der Waals surface area contributed by atoms with Crippen molar-refractivity contribution in [1.82, 2.24) is 9.88 Å². The van der Waals surface area contributed by atoms with Gasteiger partial charge in [-0.05, 0) is 59.7 Å². The molecule has 0 atom stereocenters. The summed E-state index contributed by atoms with van der Waals surface area (Å²) in [6.07, 6.45) is 6.13. The molecule has 0 saturated carbocycles. The summed E-state index contributed by atoms with van der Waals surface area (Å²) < 4.78 is 0. The molecule has 0 radical (unpaired) electrons. The maximum Gasteiger partial charge on any atom is 0.222 e. The van der Waals surface area contributed by atoms with E-state index in [4.69, 9.17) is 0 Å². The van der Waals surface area contributed by atoms with Crippen LogP contribution in [0.4, 0.5) is 5.69 Å². The van der Waals surface area contributed by atoms with Gasteiger partial charge in [0, 0.05) is 49.0 Å². The molecule has 2 heterocycles. The van der Waals surface area contributed by atoms with Gasteiger partial charge in [0.1, 0.15) is 0 Å². The van der Waals surface area contributed by atoms with Crippen LogP contribution in [0.5, 0.6) is 0 Å². The van der Waals surface area contributed by atoms with Crippen LogP contribution in [0.1, 0.15) is 31.7 Å². The SMILES string of the molecule is CCC(=O)N1CCC(Nc2cc(-c3cccc(C#N)c3)cc3ccncc23)CC1. The minimum Gasteiger partial charge on any atom is -0.382 e. The molecule has 1 saturated heterocycles. The Morgan fingerprint density at radius 3 is 2.79 bits per heavy atom. The lowest BCUT2D eigenvalue weighted by Crippen LogP contribution is -2.42. The normalized spacial score (nSPS) is 14.6. The molecule has 0 aliphatic carbocycles. The molecule has 0 bridgehead atoms. The zero-order valence-electron chi connectivity index (χ0n) is 16.6. The number of nitriles is 1. The Morgan fingerprint density at radius 2 is 2.03 bits per heavy atom. The third-order valence-corrected chi connectivity index (χ3v) is 5.59. The molecular weight excluding hydrogens is 360 g/mol. The van der Waals surface area contributed by atoms with Gasteiger partial charge in [0.2, 0.25) is 5.91 Å². The van der Waals surface area contributed by atoms with E-state index in [1.807, 2.05) is 48.4 Å². The van der Waals surface area contributed by atoms with E-state index in [1.54, 1.807) is 6.20 Å². The first kappa shape index (κ1) is 18.9. The molecule has 1 fully saturated rings. The van der Waals surface area contributed by atoms with E-state index < -0.39 is 0 Å². The molecule has 5 heteroatoms. The average Bonchev–Trinajstić information content (AvgIpc) is 2.79. The summed E-state index contributed by atoms with van der Waals surface area (Å²) in [7, 11) is 0. The van der Waals surface area contributed by atoms with Crippen LogP contribution in [-0.2, 0) is 4.79 Å². The highest BCUT2D eigenvalue weighted by atomic mass is 16.2. The first-order chi connectivity index (χ1) is 14.2. The molecular formula is C24H24N4O. The highest BCUT2D eigenvalue weighted by Crippen LogP contribution is 2.32. The van der Waals surface area contributed by atoms with Crippen molar-refractivity contribution in [3.63, 3.8) is 0 Å². The van der Waals surface area contributed by atoms with Gasteiger partial charge in [0.05, 0.1) is 11.6 Å². The van der Waals surface area contributed by atoms with Crippen molar-refractivity contribution in [2.45, 2.75) is 32.2 Å². The Hall–Kier alpha value is -3.39. The number of hydrogen-bond acceptors (Lipinski definition) is 4. The first-order valence-corrected chi connectivity index (χ1v) is 10.1. The van der Waals surface area contributed by atoms with Gasteiger partial charge in [-0.3, -0.25) is 9.78 Å². The number of hydrogen-bond donors (Lipinski definition) is 1. The molecule has 3 aromatic rings. The van der Waals surface area contributed by atoms with E-state index >= 15 is 0 Å². The Balaban J connectivity index is 1.63. The third-order valence-electron chi connectivity index (χ3n) is 5.59. The largest absolute Gasteiger partial charge is 0.382 e. The fourth-order valence-electron chi connectivity index (χ4n) is 3.97. The summed E-state index contributed by atoms with van der Waals surface area (Å²) in [4.78, 5) is 18.2. The lowest BCUT2D eigenvalue weighted by atomic mass is 9.98. The average molecular weight is 384 g/mol.